The molecule has 0 radical (unpaired) electrons. The van der Waals surface area contributed by atoms with Gasteiger partial charge in [0.05, 0.1) is 5.71 Å². The van der Waals surface area contributed by atoms with Crippen LogP contribution >= 0.6 is 0 Å². The van der Waals surface area contributed by atoms with Gasteiger partial charge in [-0.3, -0.25) is 4.79 Å². The summed E-state index contributed by atoms with van der Waals surface area (Å²) in [5, 5.41) is 6.57. The molecule has 1 heterocycles. The van der Waals surface area contributed by atoms with Gasteiger partial charge < -0.3 is 10.2 Å². The van der Waals surface area contributed by atoms with Crippen LogP contribution < -0.4 is 5.32 Å². The summed E-state index contributed by atoms with van der Waals surface area (Å²) in [5.41, 5.74) is 0.932. The average Bonchev–Trinajstić information content (AvgIpc) is 2.73. The summed E-state index contributed by atoms with van der Waals surface area (Å²) in [5.74, 6) is -0.151. The lowest BCUT2D eigenvalue weighted by atomic mass is 9.95. The molecule has 0 spiro atoms. The molecule has 1 aromatic rings. The molecule has 2 rings (SSSR count). The maximum atomic E-state index is 11.6. The standard InChI is InChI=1S/C12H14N2O2/c1-12(11(15)13-2)8-10(14-16-12)9-6-4-3-5-7-9/h3-7H,8H2,1-2H3,(H,13,15). The van der Waals surface area contributed by atoms with Crippen molar-refractivity contribution in [2.75, 3.05) is 7.05 Å². The summed E-state index contributed by atoms with van der Waals surface area (Å²) >= 11 is 0. The molecule has 0 fully saturated rings. The van der Waals surface area contributed by atoms with Crippen LogP contribution in [0.3, 0.4) is 0 Å². The van der Waals surface area contributed by atoms with E-state index < -0.39 is 5.60 Å². The van der Waals surface area contributed by atoms with Crippen LogP contribution in [0.5, 0.6) is 0 Å². The number of carbonyl (C=O) groups excluding carboxylic acids is 1. The number of hydrogen-bond donors (Lipinski definition) is 1. The van der Waals surface area contributed by atoms with Crippen LogP contribution in [0.1, 0.15) is 18.9 Å². The molecule has 1 amide bonds. The number of likely N-dealkylation sites (N-methyl/N-ethyl adjacent to an activating group) is 1. The van der Waals surface area contributed by atoms with Crippen molar-refractivity contribution >= 4 is 11.6 Å². The van der Waals surface area contributed by atoms with Crippen LogP contribution in [0.25, 0.3) is 0 Å². The first-order valence-corrected chi connectivity index (χ1v) is 5.18. The van der Waals surface area contributed by atoms with E-state index >= 15 is 0 Å². The van der Waals surface area contributed by atoms with E-state index in [1.165, 1.54) is 0 Å². The zero-order valence-electron chi connectivity index (χ0n) is 9.36. The Morgan fingerprint density at radius 2 is 2.12 bits per heavy atom. The Kier molecular flexibility index (Phi) is 2.64. The Hall–Kier alpha value is -1.84. The average molecular weight is 218 g/mol. The molecule has 1 aliphatic heterocycles. The third-order valence-electron chi connectivity index (χ3n) is 2.68. The van der Waals surface area contributed by atoms with E-state index in [0.29, 0.717) is 6.42 Å². The predicted molar refractivity (Wildman–Crippen MR) is 61.2 cm³/mol. The summed E-state index contributed by atoms with van der Waals surface area (Å²) in [6, 6.07) is 9.73. The third kappa shape index (κ3) is 1.78. The van der Waals surface area contributed by atoms with Crippen molar-refractivity contribution in [2.45, 2.75) is 18.9 Å². The molecule has 0 bridgehead atoms. The van der Waals surface area contributed by atoms with Gasteiger partial charge in [-0.25, -0.2) is 0 Å². The van der Waals surface area contributed by atoms with E-state index in [9.17, 15) is 4.79 Å². The fourth-order valence-electron chi connectivity index (χ4n) is 1.71. The van der Waals surface area contributed by atoms with E-state index in [-0.39, 0.29) is 5.91 Å². The molecule has 1 aliphatic rings. The van der Waals surface area contributed by atoms with Crippen molar-refractivity contribution in [1.82, 2.24) is 5.32 Å². The van der Waals surface area contributed by atoms with Crippen LogP contribution in [-0.2, 0) is 9.63 Å². The molecule has 84 valence electrons. The molecule has 0 aliphatic carbocycles. The summed E-state index contributed by atoms with van der Waals surface area (Å²) in [7, 11) is 1.59. The SMILES string of the molecule is CNC(=O)C1(C)CC(c2ccccc2)=NO1. The molecule has 0 aromatic heterocycles. The van der Waals surface area contributed by atoms with Gasteiger partial charge in [0, 0.05) is 13.5 Å². The number of nitrogens with one attached hydrogen (secondary N) is 1. The first-order valence-electron chi connectivity index (χ1n) is 5.18. The van der Waals surface area contributed by atoms with Crippen LogP contribution in [-0.4, -0.2) is 24.3 Å². The quantitative estimate of drug-likeness (QED) is 0.813. The summed E-state index contributed by atoms with van der Waals surface area (Å²) < 4.78 is 0. The maximum absolute atomic E-state index is 11.6. The number of nitrogens with zero attached hydrogens (tertiary/aromatic N) is 1. The zero-order chi connectivity index (χ0) is 11.6. The predicted octanol–water partition coefficient (Wildman–Crippen LogP) is 1.32. The highest BCUT2D eigenvalue weighted by atomic mass is 16.7. The van der Waals surface area contributed by atoms with Crippen molar-refractivity contribution in [2.24, 2.45) is 5.16 Å². The highest BCUT2D eigenvalue weighted by molar-refractivity contribution is 6.05. The molecule has 1 aromatic carbocycles. The monoisotopic (exact) mass is 218 g/mol. The molecule has 0 saturated carbocycles. The molecule has 4 heteroatoms. The minimum atomic E-state index is -0.875. The molecule has 1 unspecified atom stereocenters. The van der Waals surface area contributed by atoms with Crippen LogP contribution in [0.4, 0.5) is 0 Å². The van der Waals surface area contributed by atoms with Gasteiger partial charge in [-0.15, -0.1) is 0 Å². The largest absolute Gasteiger partial charge is 0.379 e. The maximum Gasteiger partial charge on any atom is 0.266 e. The smallest absolute Gasteiger partial charge is 0.266 e. The van der Waals surface area contributed by atoms with E-state index in [1.807, 2.05) is 30.3 Å². The lowest BCUT2D eigenvalue weighted by Crippen LogP contribution is -2.43. The number of hydrogen-bond acceptors (Lipinski definition) is 3. The minimum Gasteiger partial charge on any atom is -0.379 e. The van der Waals surface area contributed by atoms with Gasteiger partial charge in [0.15, 0.2) is 0 Å². The second-order valence-electron chi connectivity index (χ2n) is 3.98. The molecule has 1 atom stereocenters. The van der Waals surface area contributed by atoms with Crippen molar-refractivity contribution in [3.63, 3.8) is 0 Å². The first kappa shape index (κ1) is 10.7. The second-order valence-corrected chi connectivity index (χ2v) is 3.98. The van der Waals surface area contributed by atoms with Crippen molar-refractivity contribution < 1.29 is 9.63 Å². The topological polar surface area (TPSA) is 50.7 Å². The fraction of sp³-hybridized carbons (Fsp3) is 0.333. The highest BCUT2D eigenvalue weighted by Crippen LogP contribution is 2.26. The first-order chi connectivity index (χ1) is 7.65. The number of rotatable bonds is 2. The second kappa shape index (κ2) is 3.96. The summed E-state index contributed by atoms with van der Waals surface area (Å²) in [6.45, 7) is 1.74. The molecular formula is C12H14N2O2. The van der Waals surface area contributed by atoms with Crippen LogP contribution in [0.2, 0.25) is 0 Å². The van der Waals surface area contributed by atoms with Gasteiger partial charge in [-0.2, -0.15) is 0 Å². The number of oxime groups is 1. The summed E-state index contributed by atoms with van der Waals surface area (Å²) in [6.07, 6.45) is 0.497. The van der Waals surface area contributed by atoms with Crippen molar-refractivity contribution in [3.8, 4) is 0 Å². The number of carbonyl (C=O) groups is 1. The van der Waals surface area contributed by atoms with E-state index in [1.54, 1.807) is 14.0 Å². The minimum absolute atomic E-state index is 0.151. The Labute approximate surface area is 94.3 Å². The van der Waals surface area contributed by atoms with Gasteiger partial charge in [-0.05, 0) is 12.5 Å². The Morgan fingerprint density at radius 3 is 2.75 bits per heavy atom. The Balaban J connectivity index is 2.17. The number of benzene rings is 1. The lowest BCUT2D eigenvalue weighted by Gasteiger charge is -2.18. The van der Waals surface area contributed by atoms with E-state index in [0.717, 1.165) is 11.3 Å². The summed E-state index contributed by atoms with van der Waals surface area (Å²) in [4.78, 5) is 16.8. The van der Waals surface area contributed by atoms with Crippen molar-refractivity contribution in [3.05, 3.63) is 35.9 Å². The molecule has 16 heavy (non-hydrogen) atoms. The number of amides is 1. The lowest BCUT2D eigenvalue weighted by molar-refractivity contribution is -0.141. The van der Waals surface area contributed by atoms with Crippen molar-refractivity contribution in [1.29, 1.82) is 0 Å². The molecular weight excluding hydrogens is 204 g/mol. The van der Waals surface area contributed by atoms with Gasteiger partial charge in [0.1, 0.15) is 0 Å². The van der Waals surface area contributed by atoms with Crippen LogP contribution in [0, 0.1) is 0 Å². The van der Waals surface area contributed by atoms with Gasteiger partial charge in [-0.1, -0.05) is 35.5 Å². The normalized spacial score (nSPS) is 23.5. The third-order valence-corrected chi connectivity index (χ3v) is 2.68. The Morgan fingerprint density at radius 1 is 1.44 bits per heavy atom. The zero-order valence-corrected chi connectivity index (χ0v) is 9.36. The van der Waals surface area contributed by atoms with E-state index in [4.69, 9.17) is 4.84 Å². The fourth-order valence-corrected chi connectivity index (χ4v) is 1.71. The van der Waals surface area contributed by atoms with Gasteiger partial charge >= 0.3 is 0 Å². The van der Waals surface area contributed by atoms with Crippen LogP contribution in [0.15, 0.2) is 35.5 Å². The highest BCUT2D eigenvalue weighted by Gasteiger charge is 2.41. The molecule has 0 saturated heterocycles. The Bertz CT molecular complexity index is 428. The molecule has 4 nitrogen and oxygen atoms in total. The molecule has 1 N–H and O–H groups in total. The van der Waals surface area contributed by atoms with E-state index in [2.05, 4.69) is 10.5 Å². The van der Waals surface area contributed by atoms with Gasteiger partial charge in [0.2, 0.25) is 5.60 Å². The van der Waals surface area contributed by atoms with Gasteiger partial charge in [0.25, 0.3) is 5.91 Å².